The average Bonchev–Trinajstić information content (AvgIpc) is 2.81. The van der Waals surface area contributed by atoms with Crippen LogP contribution in [0.1, 0.15) is 67.2 Å². The number of hydrogen-bond acceptors (Lipinski definition) is 11. The highest BCUT2D eigenvalue weighted by molar-refractivity contribution is 5.68. The summed E-state index contributed by atoms with van der Waals surface area (Å²) in [6, 6.07) is -1.81. The number of rotatable bonds is 8. The van der Waals surface area contributed by atoms with E-state index in [9.17, 15) is 20.1 Å². The van der Waals surface area contributed by atoms with Gasteiger partial charge in [-0.15, -0.1) is 0 Å². The lowest BCUT2D eigenvalue weighted by atomic mass is 9.80. The Morgan fingerprint density at radius 3 is 2.49 bits per heavy atom. The number of nitrogens with two attached hydrogens (primary N) is 1. The zero-order chi connectivity index (χ0) is 29.1. The van der Waals surface area contributed by atoms with Gasteiger partial charge in [-0.3, -0.25) is 0 Å². The fourth-order valence-electron chi connectivity index (χ4n) is 5.51. The summed E-state index contributed by atoms with van der Waals surface area (Å²) in [5.41, 5.74) is 4.42. The molecule has 0 radical (unpaired) electrons. The largest absolute Gasteiger partial charge is 0.467 e. The fraction of sp³-hybridized carbons (Fsp3) is 0.889. The molecule has 1 amide bonds. The van der Waals surface area contributed by atoms with Crippen molar-refractivity contribution in [2.75, 3.05) is 13.7 Å². The number of allylic oxidation sites excluding steroid dienone is 1. The zero-order valence-electron chi connectivity index (χ0n) is 24.3. The van der Waals surface area contributed by atoms with E-state index in [0.717, 1.165) is 12.2 Å². The molecular formula is C27H49N3O9. The SMILES string of the molecule is CCCC1=CC[C@@H](NC(=O)OC(C)(C)C)[C@@H](O[C@H]2[C@H](O)[C@@H](O[C@H]3OC[C@](C)(O)[C@H](NC)[C@H]3O)[C@H](N)C[C@@H]2C)O1. The number of carbonyl (C=O) groups excluding carboxylic acids is 1. The molecule has 0 aromatic heterocycles. The molecule has 0 unspecified atom stereocenters. The summed E-state index contributed by atoms with van der Waals surface area (Å²) in [6.07, 6.45) is -2.16. The van der Waals surface area contributed by atoms with E-state index in [1.807, 2.05) is 19.9 Å². The number of amides is 1. The molecule has 12 heteroatoms. The van der Waals surface area contributed by atoms with Crippen molar-refractivity contribution in [2.24, 2.45) is 11.7 Å². The summed E-state index contributed by atoms with van der Waals surface area (Å²) in [5, 5.41) is 38.5. The summed E-state index contributed by atoms with van der Waals surface area (Å²) in [5.74, 6) is 0.597. The predicted octanol–water partition coefficient (Wildman–Crippen LogP) is 0.865. The van der Waals surface area contributed by atoms with Crippen molar-refractivity contribution in [1.29, 1.82) is 0 Å². The molecule has 7 N–H and O–H groups in total. The Hall–Kier alpha value is -1.51. The minimum absolute atomic E-state index is 0.0743. The molecule has 12 nitrogen and oxygen atoms in total. The van der Waals surface area contributed by atoms with Crippen LogP contribution in [0, 0.1) is 5.92 Å². The molecule has 0 bridgehead atoms. The van der Waals surface area contributed by atoms with Crippen LogP contribution in [0.15, 0.2) is 11.8 Å². The van der Waals surface area contributed by atoms with Crippen molar-refractivity contribution in [3.63, 3.8) is 0 Å². The predicted molar refractivity (Wildman–Crippen MR) is 142 cm³/mol. The van der Waals surface area contributed by atoms with Crippen molar-refractivity contribution >= 4 is 6.09 Å². The first-order valence-electron chi connectivity index (χ1n) is 14.0. The number of aliphatic hydroxyl groups excluding tert-OH is 2. The van der Waals surface area contributed by atoms with E-state index in [-0.39, 0.29) is 12.5 Å². The van der Waals surface area contributed by atoms with Crippen LogP contribution in [0.4, 0.5) is 4.79 Å². The Labute approximate surface area is 231 Å². The monoisotopic (exact) mass is 559 g/mol. The van der Waals surface area contributed by atoms with Crippen LogP contribution in [0.3, 0.4) is 0 Å². The van der Waals surface area contributed by atoms with Crippen LogP contribution in [-0.2, 0) is 23.7 Å². The van der Waals surface area contributed by atoms with Gasteiger partial charge >= 0.3 is 6.09 Å². The highest BCUT2D eigenvalue weighted by Crippen LogP contribution is 2.34. The van der Waals surface area contributed by atoms with E-state index in [0.29, 0.717) is 19.3 Å². The average molecular weight is 560 g/mol. The van der Waals surface area contributed by atoms with Gasteiger partial charge < -0.3 is 55.4 Å². The van der Waals surface area contributed by atoms with Gasteiger partial charge in [0.05, 0.1) is 30.6 Å². The second-order valence-corrected chi connectivity index (χ2v) is 12.3. The van der Waals surface area contributed by atoms with Crippen molar-refractivity contribution in [1.82, 2.24) is 10.6 Å². The third kappa shape index (κ3) is 8.04. The minimum atomic E-state index is -1.31. The number of aliphatic hydroxyl groups is 3. The van der Waals surface area contributed by atoms with Gasteiger partial charge in [-0.25, -0.2) is 4.79 Å². The summed E-state index contributed by atoms with van der Waals surface area (Å²) >= 11 is 0. The Bertz CT molecular complexity index is 849. The molecule has 2 aliphatic heterocycles. The molecule has 1 saturated heterocycles. The van der Waals surface area contributed by atoms with Gasteiger partial charge in [0.1, 0.15) is 29.5 Å². The van der Waals surface area contributed by atoms with Crippen LogP contribution in [0.25, 0.3) is 0 Å². The third-order valence-electron chi connectivity index (χ3n) is 7.42. The maximum atomic E-state index is 12.5. The number of nitrogens with one attached hydrogen (secondary N) is 2. The Balaban J connectivity index is 1.74. The van der Waals surface area contributed by atoms with E-state index < -0.39 is 72.4 Å². The van der Waals surface area contributed by atoms with Crippen LogP contribution in [0.5, 0.6) is 0 Å². The van der Waals surface area contributed by atoms with E-state index in [4.69, 9.17) is 29.4 Å². The highest BCUT2D eigenvalue weighted by atomic mass is 16.7. The van der Waals surface area contributed by atoms with E-state index in [1.165, 1.54) is 0 Å². The lowest BCUT2D eigenvalue weighted by Gasteiger charge is -2.48. The normalized spacial score (nSPS) is 41.4. The number of carbonyl (C=O) groups is 1. The smallest absolute Gasteiger partial charge is 0.408 e. The van der Waals surface area contributed by atoms with Crippen LogP contribution in [0.2, 0.25) is 0 Å². The van der Waals surface area contributed by atoms with Gasteiger partial charge in [-0.1, -0.05) is 13.8 Å². The van der Waals surface area contributed by atoms with Crippen LogP contribution in [-0.4, -0.2) is 101 Å². The van der Waals surface area contributed by atoms with E-state index in [2.05, 4.69) is 10.6 Å². The molecule has 0 aromatic rings. The number of alkyl carbamates (subject to hydrolysis) is 1. The molecule has 2 heterocycles. The summed E-state index contributed by atoms with van der Waals surface area (Å²) in [6.45, 7) is 10.8. The summed E-state index contributed by atoms with van der Waals surface area (Å²) in [4.78, 5) is 12.5. The first kappa shape index (κ1) is 32.0. The Morgan fingerprint density at radius 2 is 1.87 bits per heavy atom. The molecule has 1 aliphatic carbocycles. The van der Waals surface area contributed by atoms with Crippen molar-refractivity contribution in [3.05, 3.63) is 11.8 Å². The fourth-order valence-corrected chi connectivity index (χ4v) is 5.51. The summed E-state index contributed by atoms with van der Waals surface area (Å²) in [7, 11) is 1.63. The van der Waals surface area contributed by atoms with Crippen LogP contribution < -0.4 is 16.4 Å². The highest BCUT2D eigenvalue weighted by Gasteiger charge is 2.50. The lowest BCUT2D eigenvalue weighted by molar-refractivity contribution is -0.305. The molecule has 1 saturated carbocycles. The third-order valence-corrected chi connectivity index (χ3v) is 7.42. The van der Waals surface area contributed by atoms with Gasteiger partial charge in [0.15, 0.2) is 6.29 Å². The second-order valence-electron chi connectivity index (χ2n) is 12.3. The molecule has 0 aromatic carbocycles. The molecule has 3 aliphatic rings. The first-order valence-corrected chi connectivity index (χ1v) is 14.0. The standard InChI is InChI=1S/C27H49N3O9/c1-8-9-15-10-11-17(30-25(33)39-26(3,4)5)23(36-15)37-20-14(2)12-16(28)21(18(20)31)38-24-19(32)22(29-7)27(6,34)13-35-24/h10,14,16-24,29,31-32,34H,8-9,11-13,28H2,1-7H3,(H,30,33)/t14-,16+,17+,18-,19+,20+,21-,22+,23+,24+,27-/m0/s1. The number of ether oxygens (including phenoxy) is 5. The van der Waals surface area contributed by atoms with Crippen LogP contribution >= 0.6 is 0 Å². The second kappa shape index (κ2) is 13.0. The molecule has 11 atom stereocenters. The van der Waals surface area contributed by atoms with Crippen molar-refractivity contribution < 1.29 is 43.8 Å². The quantitative estimate of drug-likeness (QED) is 0.249. The maximum absolute atomic E-state index is 12.5. The zero-order valence-corrected chi connectivity index (χ0v) is 24.3. The lowest BCUT2D eigenvalue weighted by Crippen LogP contribution is -2.67. The molecular weight excluding hydrogens is 510 g/mol. The molecule has 2 fully saturated rings. The number of hydrogen-bond donors (Lipinski definition) is 6. The van der Waals surface area contributed by atoms with Gasteiger partial charge in [0.25, 0.3) is 0 Å². The first-order chi connectivity index (χ1) is 18.2. The minimum Gasteiger partial charge on any atom is -0.467 e. The van der Waals surface area contributed by atoms with Gasteiger partial charge in [0.2, 0.25) is 6.29 Å². The Morgan fingerprint density at radius 1 is 1.21 bits per heavy atom. The Kier molecular flexibility index (Phi) is 10.7. The van der Waals surface area contributed by atoms with Gasteiger partial charge in [-0.2, -0.15) is 0 Å². The van der Waals surface area contributed by atoms with Crippen molar-refractivity contribution in [3.8, 4) is 0 Å². The topological polar surface area (TPSA) is 174 Å². The van der Waals surface area contributed by atoms with E-state index >= 15 is 0 Å². The molecule has 0 spiro atoms. The van der Waals surface area contributed by atoms with Gasteiger partial charge in [-0.05, 0) is 66.0 Å². The molecule has 39 heavy (non-hydrogen) atoms. The number of likely N-dealkylation sites (N-methyl/N-ethyl adjacent to an activating group) is 1. The maximum Gasteiger partial charge on any atom is 0.408 e. The van der Waals surface area contributed by atoms with Crippen molar-refractivity contribution in [2.45, 2.75) is 134 Å². The van der Waals surface area contributed by atoms with Gasteiger partial charge in [0, 0.05) is 12.5 Å². The summed E-state index contributed by atoms with van der Waals surface area (Å²) < 4.78 is 29.6. The molecule has 3 rings (SSSR count). The molecule has 226 valence electrons. The van der Waals surface area contributed by atoms with E-state index in [1.54, 1.807) is 34.7 Å².